The molecule has 0 unspecified atom stereocenters. The standard InChI is InChI=1S/C17H12F8N6OS2/c1-3-33-9-6-8(31-5-4-10(28-31)16(20,21)22)7-26-11(9)12(32)27-14-30(2)29-13(34-14)15(18,19)17(23,24)25/h4-7H,3H2,1-2H3. The summed E-state index contributed by atoms with van der Waals surface area (Å²) in [5.41, 5.74) is -1.33. The second-order valence-electron chi connectivity index (χ2n) is 6.42. The summed E-state index contributed by atoms with van der Waals surface area (Å²) in [5.74, 6) is -5.90. The van der Waals surface area contributed by atoms with Gasteiger partial charge in [-0.05, 0) is 17.9 Å². The van der Waals surface area contributed by atoms with E-state index in [1.807, 2.05) is 0 Å². The van der Waals surface area contributed by atoms with Crippen molar-refractivity contribution in [2.75, 3.05) is 5.75 Å². The number of alkyl halides is 8. The zero-order valence-electron chi connectivity index (χ0n) is 16.9. The van der Waals surface area contributed by atoms with E-state index in [4.69, 9.17) is 0 Å². The number of rotatable bonds is 5. The number of aryl methyl sites for hydroxylation is 1. The summed E-state index contributed by atoms with van der Waals surface area (Å²) in [6.07, 6.45) is -8.46. The van der Waals surface area contributed by atoms with E-state index in [1.165, 1.54) is 6.07 Å². The first-order valence-corrected chi connectivity index (χ1v) is 10.8. The molecule has 0 aliphatic heterocycles. The van der Waals surface area contributed by atoms with Crippen LogP contribution in [0, 0.1) is 0 Å². The van der Waals surface area contributed by atoms with Crippen molar-refractivity contribution >= 4 is 29.0 Å². The Morgan fingerprint density at radius 3 is 2.38 bits per heavy atom. The maximum absolute atomic E-state index is 13.6. The van der Waals surface area contributed by atoms with Crippen molar-refractivity contribution in [3.63, 3.8) is 0 Å². The van der Waals surface area contributed by atoms with Crippen molar-refractivity contribution in [3.8, 4) is 5.69 Å². The van der Waals surface area contributed by atoms with Gasteiger partial charge in [0.2, 0.25) is 4.80 Å². The summed E-state index contributed by atoms with van der Waals surface area (Å²) in [7, 11) is 1.03. The van der Waals surface area contributed by atoms with Gasteiger partial charge in [0, 0.05) is 18.1 Å². The Kier molecular flexibility index (Phi) is 6.89. The molecule has 0 aliphatic carbocycles. The van der Waals surface area contributed by atoms with Gasteiger partial charge in [-0.3, -0.25) is 4.79 Å². The van der Waals surface area contributed by atoms with Crippen molar-refractivity contribution in [3.05, 3.63) is 45.7 Å². The van der Waals surface area contributed by atoms with Gasteiger partial charge in [0.05, 0.1) is 11.9 Å². The number of nitrogens with zero attached hydrogens (tertiary/aromatic N) is 6. The number of carbonyl (C=O) groups is 1. The molecule has 0 atom stereocenters. The predicted molar refractivity (Wildman–Crippen MR) is 104 cm³/mol. The van der Waals surface area contributed by atoms with Gasteiger partial charge in [-0.2, -0.15) is 50.3 Å². The summed E-state index contributed by atoms with van der Waals surface area (Å²) in [4.78, 5) is 19.8. The Morgan fingerprint density at radius 1 is 1.15 bits per heavy atom. The first-order chi connectivity index (χ1) is 15.6. The van der Waals surface area contributed by atoms with Crippen LogP contribution in [0.4, 0.5) is 35.1 Å². The minimum absolute atomic E-state index is 0.0958. The number of aromatic nitrogens is 5. The fourth-order valence-corrected chi connectivity index (χ4v) is 4.11. The van der Waals surface area contributed by atoms with Crippen LogP contribution >= 0.6 is 23.1 Å². The number of hydrogen-bond acceptors (Lipinski definition) is 6. The number of thioether (sulfide) groups is 1. The Hall–Kier alpha value is -2.82. The van der Waals surface area contributed by atoms with Crippen LogP contribution in [0.1, 0.15) is 28.1 Å². The van der Waals surface area contributed by atoms with Gasteiger partial charge in [0.15, 0.2) is 10.7 Å². The summed E-state index contributed by atoms with van der Waals surface area (Å²) in [5, 5.41) is 4.94. The van der Waals surface area contributed by atoms with Gasteiger partial charge in [-0.1, -0.05) is 18.3 Å². The van der Waals surface area contributed by atoms with Gasteiger partial charge in [0.25, 0.3) is 5.91 Å². The highest BCUT2D eigenvalue weighted by molar-refractivity contribution is 7.99. The molecule has 0 bridgehead atoms. The average Bonchev–Trinajstić information content (AvgIpc) is 3.35. The number of amides is 1. The lowest BCUT2D eigenvalue weighted by Gasteiger charge is -2.15. The van der Waals surface area contributed by atoms with E-state index in [0.717, 1.165) is 42.0 Å². The molecule has 0 radical (unpaired) electrons. The largest absolute Gasteiger partial charge is 0.460 e. The third kappa shape index (κ3) is 5.13. The van der Waals surface area contributed by atoms with Crippen LogP contribution in [0.15, 0.2) is 34.4 Å². The van der Waals surface area contributed by atoms with Gasteiger partial charge in [-0.15, -0.1) is 11.8 Å². The van der Waals surface area contributed by atoms with Crippen LogP contribution in [0.5, 0.6) is 0 Å². The molecular formula is C17H12F8N6OS2. The molecule has 0 saturated heterocycles. The van der Waals surface area contributed by atoms with E-state index in [9.17, 15) is 39.9 Å². The number of pyridine rings is 1. The van der Waals surface area contributed by atoms with E-state index in [1.54, 1.807) is 6.92 Å². The number of carbonyl (C=O) groups excluding carboxylic acids is 1. The first-order valence-electron chi connectivity index (χ1n) is 8.99. The van der Waals surface area contributed by atoms with Crippen LogP contribution in [0.3, 0.4) is 0 Å². The minimum atomic E-state index is -5.89. The van der Waals surface area contributed by atoms with Crippen LogP contribution < -0.4 is 4.80 Å². The van der Waals surface area contributed by atoms with E-state index in [0.29, 0.717) is 10.4 Å². The zero-order valence-corrected chi connectivity index (χ0v) is 18.6. The lowest BCUT2D eigenvalue weighted by atomic mass is 10.3. The smallest absolute Gasteiger partial charge is 0.265 e. The monoisotopic (exact) mass is 532 g/mol. The van der Waals surface area contributed by atoms with Gasteiger partial charge in [0.1, 0.15) is 5.69 Å². The molecule has 0 N–H and O–H groups in total. The molecule has 0 aliphatic rings. The summed E-state index contributed by atoms with van der Waals surface area (Å²) >= 11 is 0.964. The second kappa shape index (κ2) is 9.09. The summed E-state index contributed by atoms with van der Waals surface area (Å²) in [6, 6.07) is 2.08. The SMILES string of the molecule is CCSc1cc(-n2ccc(C(F)(F)F)n2)cnc1C(=O)N=c1sc(C(F)(F)C(F)(F)F)nn1C. The van der Waals surface area contributed by atoms with Crippen molar-refractivity contribution < 1.29 is 39.9 Å². The van der Waals surface area contributed by atoms with Gasteiger partial charge in [-0.25, -0.2) is 14.3 Å². The molecule has 0 spiro atoms. The average molecular weight is 532 g/mol. The fraction of sp³-hybridized carbons (Fsp3) is 0.353. The zero-order chi connectivity index (χ0) is 25.5. The summed E-state index contributed by atoms with van der Waals surface area (Å²) in [6.45, 7) is 1.72. The van der Waals surface area contributed by atoms with Crippen molar-refractivity contribution in [2.45, 2.75) is 30.1 Å². The second-order valence-corrected chi connectivity index (χ2v) is 8.68. The van der Waals surface area contributed by atoms with Crippen LogP contribution in [0.2, 0.25) is 0 Å². The molecule has 0 aromatic carbocycles. The molecule has 1 amide bonds. The molecule has 3 aromatic rings. The highest BCUT2D eigenvalue weighted by atomic mass is 32.2. The molecule has 184 valence electrons. The predicted octanol–water partition coefficient (Wildman–Crippen LogP) is 4.59. The highest BCUT2D eigenvalue weighted by Crippen LogP contribution is 2.43. The molecule has 3 rings (SSSR count). The highest BCUT2D eigenvalue weighted by Gasteiger charge is 2.61. The molecule has 34 heavy (non-hydrogen) atoms. The maximum Gasteiger partial charge on any atom is 0.460 e. The lowest BCUT2D eigenvalue weighted by Crippen LogP contribution is -2.33. The van der Waals surface area contributed by atoms with E-state index in [2.05, 4.69) is 20.2 Å². The van der Waals surface area contributed by atoms with Gasteiger partial charge < -0.3 is 0 Å². The molecule has 0 saturated carbocycles. The number of halogens is 8. The number of hydrogen-bond donors (Lipinski definition) is 0. The molecule has 17 heteroatoms. The van der Waals surface area contributed by atoms with Crippen LogP contribution in [-0.4, -0.2) is 42.4 Å². The van der Waals surface area contributed by atoms with Crippen molar-refractivity contribution in [2.24, 2.45) is 12.0 Å². The molecule has 0 fully saturated rings. The Balaban J connectivity index is 2.00. The Labute approximate surface area is 193 Å². The third-order valence-electron chi connectivity index (χ3n) is 4.01. The first kappa shape index (κ1) is 25.8. The Morgan fingerprint density at radius 2 is 1.82 bits per heavy atom. The molecule has 3 heterocycles. The normalized spacial score (nSPS) is 13.5. The lowest BCUT2D eigenvalue weighted by molar-refractivity contribution is -0.289. The quantitative estimate of drug-likeness (QED) is 0.355. The van der Waals surface area contributed by atoms with E-state index < -0.39 is 39.7 Å². The molecule has 3 aromatic heterocycles. The maximum atomic E-state index is 13.6. The topological polar surface area (TPSA) is 78.0 Å². The van der Waals surface area contributed by atoms with Gasteiger partial charge >= 0.3 is 18.3 Å². The summed E-state index contributed by atoms with van der Waals surface area (Å²) < 4.78 is 105. The fourth-order valence-electron chi connectivity index (χ4n) is 2.44. The minimum Gasteiger partial charge on any atom is -0.265 e. The Bertz CT molecular complexity index is 1270. The van der Waals surface area contributed by atoms with Crippen molar-refractivity contribution in [1.29, 1.82) is 0 Å². The van der Waals surface area contributed by atoms with Crippen molar-refractivity contribution in [1.82, 2.24) is 24.5 Å². The molecule has 7 nitrogen and oxygen atoms in total. The van der Waals surface area contributed by atoms with E-state index >= 15 is 0 Å². The third-order valence-corrected chi connectivity index (χ3v) is 5.99. The van der Waals surface area contributed by atoms with Crippen LogP contribution in [-0.2, 0) is 19.1 Å². The van der Waals surface area contributed by atoms with E-state index in [-0.39, 0.29) is 27.6 Å². The molecular weight excluding hydrogens is 520 g/mol. The van der Waals surface area contributed by atoms with Crippen LogP contribution in [0.25, 0.3) is 5.69 Å².